The molecule has 0 heterocycles. The van der Waals surface area contributed by atoms with Crippen LogP contribution >= 0.6 is 0 Å². The molecule has 0 spiro atoms. The van der Waals surface area contributed by atoms with Gasteiger partial charge < -0.3 is 4.43 Å². The number of hydrogen-bond donors (Lipinski definition) is 0. The van der Waals surface area contributed by atoms with Crippen molar-refractivity contribution in [2.75, 3.05) is 6.61 Å². The van der Waals surface area contributed by atoms with Crippen LogP contribution in [0.15, 0.2) is 0 Å². The van der Waals surface area contributed by atoms with Crippen LogP contribution in [0, 0.1) is 11.8 Å². The quantitative estimate of drug-likeness (QED) is 0.504. The second kappa shape index (κ2) is 6.35. The first-order chi connectivity index (χ1) is 6.89. The lowest BCUT2D eigenvalue weighted by Gasteiger charge is -2.41. The third-order valence-electron chi connectivity index (χ3n) is 3.28. The Labute approximate surface area is 96.7 Å². The molecule has 0 unspecified atom stereocenters. The van der Waals surface area contributed by atoms with E-state index >= 15 is 0 Å². The summed E-state index contributed by atoms with van der Waals surface area (Å²) in [5.74, 6) is 5.93. The van der Waals surface area contributed by atoms with Gasteiger partial charge in [0.15, 0.2) is 0 Å². The summed E-state index contributed by atoms with van der Waals surface area (Å²) < 4.78 is 6.22. The molecule has 0 saturated carbocycles. The molecule has 0 atom stereocenters. The highest BCUT2D eigenvalue weighted by atomic mass is 28.4. The molecule has 0 aliphatic heterocycles. The molecule has 0 bridgehead atoms. The first kappa shape index (κ1) is 14.7. The molecule has 0 aliphatic rings. The average Bonchev–Trinajstić information content (AvgIpc) is 2.10. The van der Waals surface area contributed by atoms with E-state index in [1.807, 2.05) is 6.92 Å². The zero-order valence-electron chi connectivity index (χ0n) is 11.3. The van der Waals surface area contributed by atoms with Crippen LogP contribution in [0.25, 0.3) is 0 Å². The lowest BCUT2D eigenvalue weighted by molar-refractivity contribution is 0.322. The maximum Gasteiger partial charge on any atom is 0.201 e. The number of hydrogen-bond acceptors (Lipinski definition) is 1. The topological polar surface area (TPSA) is 9.23 Å². The predicted molar refractivity (Wildman–Crippen MR) is 70.5 cm³/mol. The molecular weight excluding hydrogens is 200 g/mol. The maximum atomic E-state index is 6.22. The molecule has 0 aromatic carbocycles. The van der Waals surface area contributed by atoms with Crippen molar-refractivity contribution in [1.82, 2.24) is 0 Å². The first-order valence-electron chi connectivity index (χ1n) is 5.93. The molecule has 0 aliphatic carbocycles. The van der Waals surface area contributed by atoms with Crippen LogP contribution in [0.1, 0.15) is 48.5 Å². The largest absolute Gasteiger partial charge is 0.405 e. The SMILES string of the molecule is CC#CCO[Si](C(C)C)(C(C)C)C(C)C. The Bertz CT molecular complexity index is 211. The zero-order valence-corrected chi connectivity index (χ0v) is 12.3. The van der Waals surface area contributed by atoms with Crippen molar-refractivity contribution in [1.29, 1.82) is 0 Å². The van der Waals surface area contributed by atoms with Gasteiger partial charge in [0.1, 0.15) is 0 Å². The minimum atomic E-state index is -1.67. The lowest BCUT2D eigenvalue weighted by atomic mass is 10.5. The Balaban J connectivity index is 4.85. The molecule has 0 radical (unpaired) electrons. The van der Waals surface area contributed by atoms with Gasteiger partial charge >= 0.3 is 0 Å². The Kier molecular flexibility index (Phi) is 6.24. The third-order valence-corrected chi connectivity index (χ3v) is 9.34. The standard InChI is InChI=1S/C13H26OSi/c1-8-9-10-14-15(11(2)3,12(4)5)13(6)7/h11-13H,10H2,1-7H3. The van der Waals surface area contributed by atoms with E-state index in [9.17, 15) is 0 Å². The summed E-state index contributed by atoms with van der Waals surface area (Å²) in [6.45, 7) is 16.3. The van der Waals surface area contributed by atoms with Gasteiger partial charge in [-0.05, 0) is 23.5 Å². The smallest absolute Gasteiger partial charge is 0.201 e. The van der Waals surface area contributed by atoms with Crippen molar-refractivity contribution in [3.05, 3.63) is 0 Å². The highest BCUT2D eigenvalue weighted by Crippen LogP contribution is 2.41. The molecule has 88 valence electrons. The highest BCUT2D eigenvalue weighted by Gasteiger charge is 2.44. The Morgan fingerprint density at radius 3 is 1.60 bits per heavy atom. The highest BCUT2D eigenvalue weighted by molar-refractivity contribution is 6.77. The van der Waals surface area contributed by atoms with Gasteiger partial charge in [-0.1, -0.05) is 47.5 Å². The van der Waals surface area contributed by atoms with Crippen LogP contribution in [0.3, 0.4) is 0 Å². The molecule has 0 aromatic rings. The normalized spacial score (nSPS) is 12.1. The van der Waals surface area contributed by atoms with Gasteiger partial charge in [0.2, 0.25) is 8.32 Å². The monoisotopic (exact) mass is 226 g/mol. The minimum Gasteiger partial charge on any atom is -0.405 e. The summed E-state index contributed by atoms with van der Waals surface area (Å²) >= 11 is 0. The van der Waals surface area contributed by atoms with Gasteiger partial charge in [0.05, 0.1) is 6.61 Å². The summed E-state index contributed by atoms with van der Waals surface area (Å²) in [6.07, 6.45) is 0. The summed E-state index contributed by atoms with van der Waals surface area (Å²) in [6, 6.07) is 0. The molecule has 0 fully saturated rings. The first-order valence-corrected chi connectivity index (χ1v) is 8.07. The van der Waals surface area contributed by atoms with E-state index in [4.69, 9.17) is 4.43 Å². The van der Waals surface area contributed by atoms with Gasteiger partial charge in [-0.2, -0.15) is 0 Å². The Hall–Kier alpha value is -0.263. The van der Waals surface area contributed by atoms with E-state index in [1.54, 1.807) is 0 Å². The van der Waals surface area contributed by atoms with E-state index in [2.05, 4.69) is 53.4 Å². The van der Waals surface area contributed by atoms with Crippen molar-refractivity contribution < 1.29 is 4.43 Å². The Morgan fingerprint density at radius 1 is 0.933 bits per heavy atom. The predicted octanol–water partition coefficient (Wildman–Crippen LogP) is 4.20. The second-order valence-electron chi connectivity index (χ2n) is 5.03. The maximum absolute atomic E-state index is 6.22. The molecule has 0 N–H and O–H groups in total. The molecule has 0 amide bonds. The molecule has 2 heteroatoms. The number of rotatable bonds is 5. The van der Waals surface area contributed by atoms with Crippen LogP contribution in [0.2, 0.25) is 16.6 Å². The van der Waals surface area contributed by atoms with Crippen molar-refractivity contribution in [2.24, 2.45) is 0 Å². The van der Waals surface area contributed by atoms with E-state index in [-0.39, 0.29) is 0 Å². The van der Waals surface area contributed by atoms with Crippen molar-refractivity contribution in [2.45, 2.75) is 65.1 Å². The second-order valence-corrected chi connectivity index (χ2v) is 10.5. The van der Waals surface area contributed by atoms with E-state index in [0.717, 1.165) is 0 Å². The van der Waals surface area contributed by atoms with Crippen molar-refractivity contribution in [3.8, 4) is 11.8 Å². The fourth-order valence-corrected chi connectivity index (χ4v) is 8.06. The van der Waals surface area contributed by atoms with E-state index in [0.29, 0.717) is 23.2 Å². The molecule has 0 rings (SSSR count). The Morgan fingerprint density at radius 2 is 1.33 bits per heavy atom. The molecule has 0 saturated heterocycles. The van der Waals surface area contributed by atoms with Crippen molar-refractivity contribution in [3.63, 3.8) is 0 Å². The van der Waals surface area contributed by atoms with Crippen LogP contribution in [0.4, 0.5) is 0 Å². The summed E-state index contributed by atoms with van der Waals surface area (Å²) in [5.41, 5.74) is 1.95. The van der Waals surface area contributed by atoms with E-state index < -0.39 is 8.32 Å². The third kappa shape index (κ3) is 3.36. The summed E-state index contributed by atoms with van der Waals surface area (Å²) in [4.78, 5) is 0. The van der Waals surface area contributed by atoms with Gasteiger partial charge in [0.25, 0.3) is 0 Å². The summed E-state index contributed by atoms with van der Waals surface area (Å²) in [7, 11) is -1.67. The van der Waals surface area contributed by atoms with Crippen LogP contribution < -0.4 is 0 Å². The van der Waals surface area contributed by atoms with Gasteiger partial charge in [0, 0.05) is 0 Å². The van der Waals surface area contributed by atoms with Crippen molar-refractivity contribution >= 4 is 8.32 Å². The van der Waals surface area contributed by atoms with Crippen LogP contribution in [-0.2, 0) is 4.43 Å². The zero-order chi connectivity index (χ0) is 12.1. The van der Waals surface area contributed by atoms with Crippen LogP contribution in [-0.4, -0.2) is 14.9 Å². The molecular formula is C13H26OSi. The minimum absolute atomic E-state index is 0.608. The fourth-order valence-electron chi connectivity index (χ4n) is 2.73. The molecule has 0 aromatic heterocycles. The van der Waals surface area contributed by atoms with Gasteiger partial charge in [-0.15, -0.1) is 5.92 Å². The fraction of sp³-hybridized carbons (Fsp3) is 0.846. The lowest BCUT2D eigenvalue weighted by Crippen LogP contribution is -2.47. The van der Waals surface area contributed by atoms with Gasteiger partial charge in [-0.25, -0.2) is 0 Å². The van der Waals surface area contributed by atoms with Gasteiger partial charge in [-0.3, -0.25) is 0 Å². The summed E-state index contributed by atoms with van der Waals surface area (Å²) in [5, 5.41) is 0. The average molecular weight is 226 g/mol. The van der Waals surface area contributed by atoms with E-state index in [1.165, 1.54) is 0 Å². The van der Waals surface area contributed by atoms with Crippen LogP contribution in [0.5, 0.6) is 0 Å². The molecule has 1 nitrogen and oxygen atoms in total. The molecule has 15 heavy (non-hydrogen) atoms.